The summed E-state index contributed by atoms with van der Waals surface area (Å²) in [5, 5.41) is 4.76. The summed E-state index contributed by atoms with van der Waals surface area (Å²) in [5.41, 5.74) is 11.4. The van der Waals surface area contributed by atoms with Crippen molar-refractivity contribution in [2.75, 3.05) is 0 Å². The first kappa shape index (κ1) is 30.3. The topological polar surface area (TPSA) is 40.6 Å². The van der Waals surface area contributed by atoms with Crippen molar-refractivity contribution >= 4 is 54.6 Å². The number of nitrogens with zero attached hydrogens (tertiary/aromatic N) is 5. The van der Waals surface area contributed by atoms with E-state index in [4.69, 9.17) is 9.97 Å². The summed E-state index contributed by atoms with van der Waals surface area (Å²) in [6.07, 6.45) is 0. The Morgan fingerprint density at radius 1 is 0.500 bits per heavy atom. The maximum absolute atomic E-state index is 5.02. The molecule has 50 heavy (non-hydrogen) atoms. The van der Waals surface area contributed by atoms with Crippen molar-refractivity contribution in [1.82, 2.24) is 23.7 Å². The van der Waals surface area contributed by atoms with E-state index in [2.05, 4.69) is 167 Å². The molecule has 0 N–H and O–H groups in total. The van der Waals surface area contributed by atoms with Crippen molar-refractivity contribution in [2.45, 2.75) is 0 Å². The van der Waals surface area contributed by atoms with Crippen molar-refractivity contribution in [3.05, 3.63) is 152 Å². The van der Waals surface area contributed by atoms with E-state index < -0.39 is 0 Å². The minimum atomic E-state index is 0. The van der Waals surface area contributed by atoms with E-state index in [1.165, 1.54) is 21.9 Å². The van der Waals surface area contributed by atoms with Gasteiger partial charge in [-0.05, 0) is 68.8 Å². The smallest absolute Gasteiger partial charge is 0.367 e. The molecule has 7 aromatic carbocycles. The van der Waals surface area contributed by atoms with Crippen molar-refractivity contribution in [1.29, 1.82) is 0 Å². The molecule has 0 aliphatic carbocycles. The van der Waals surface area contributed by atoms with Gasteiger partial charge in [-0.25, -0.2) is 0 Å². The van der Waals surface area contributed by atoms with Gasteiger partial charge in [-0.2, -0.15) is 0 Å². The van der Waals surface area contributed by atoms with Crippen LogP contribution in [0.5, 0.6) is 0 Å². The Hall–Kier alpha value is -5.77. The van der Waals surface area contributed by atoms with Crippen LogP contribution < -0.4 is 0 Å². The Kier molecular flexibility index (Phi) is 7.08. The maximum Gasteiger partial charge on any atom is 2.00 e. The molecule has 10 rings (SSSR count). The predicted molar refractivity (Wildman–Crippen MR) is 201 cm³/mol. The zero-order chi connectivity index (χ0) is 32.6. The van der Waals surface area contributed by atoms with Crippen molar-refractivity contribution in [3.8, 4) is 39.6 Å². The number of rotatable bonds is 4. The minimum absolute atomic E-state index is 0. The molecule has 6 heteroatoms. The molecule has 0 radical (unpaired) electrons. The van der Waals surface area contributed by atoms with Crippen LogP contribution in [0.4, 0.5) is 0 Å². The van der Waals surface area contributed by atoms with Gasteiger partial charge in [0.15, 0.2) is 0 Å². The van der Waals surface area contributed by atoms with Gasteiger partial charge >= 0.3 is 21.1 Å². The molecule has 0 fully saturated rings. The number of aryl methyl sites for hydroxylation is 2. The second-order valence-corrected chi connectivity index (χ2v) is 12.6. The van der Waals surface area contributed by atoms with E-state index in [0.717, 1.165) is 72.3 Å². The molecular weight excluding hydrogens is 794 g/mol. The third-order valence-electron chi connectivity index (χ3n) is 9.85. The molecular formula is C44H29N5Pt. The van der Waals surface area contributed by atoms with Crippen molar-refractivity contribution in [2.24, 2.45) is 14.1 Å². The van der Waals surface area contributed by atoms with Crippen LogP contribution >= 0.6 is 0 Å². The van der Waals surface area contributed by atoms with E-state index in [9.17, 15) is 0 Å². The normalized spacial score (nSPS) is 11.6. The number of hydrogen-bond acceptors (Lipinski definition) is 2. The first-order chi connectivity index (χ1) is 24.1. The summed E-state index contributed by atoms with van der Waals surface area (Å²) in [6.45, 7) is 0. The first-order valence-corrected chi connectivity index (χ1v) is 16.5. The number of para-hydroxylation sites is 4. The molecule has 0 spiro atoms. The average molecular weight is 823 g/mol. The predicted octanol–water partition coefficient (Wildman–Crippen LogP) is 10.3. The van der Waals surface area contributed by atoms with Gasteiger partial charge in [0, 0.05) is 19.6 Å². The van der Waals surface area contributed by atoms with Gasteiger partial charge in [0.25, 0.3) is 0 Å². The number of hydrogen-bond donors (Lipinski definition) is 0. The number of imidazole rings is 2. The second kappa shape index (κ2) is 11.7. The van der Waals surface area contributed by atoms with Gasteiger partial charge in [0.2, 0.25) is 0 Å². The molecule has 3 aromatic heterocycles. The van der Waals surface area contributed by atoms with Crippen LogP contribution in [-0.4, -0.2) is 23.7 Å². The van der Waals surface area contributed by atoms with Gasteiger partial charge in [0.1, 0.15) is 0 Å². The minimum Gasteiger partial charge on any atom is -0.367 e. The van der Waals surface area contributed by atoms with E-state index in [1.807, 2.05) is 12.1 Å². The zero-order valence-electron chi connectivity index (χ0n) is 27.3. The Labute approximate surface area is 303 Å². The van der Waals surface area contributed by atoms with E-state index >= 15 is 0 Å². The van der Waals surface area contributed by atoms with E-state index in [0.29, 0.717) is 0 Å². The van der Waals surface area contributed by atoms with E-state index in [1.54, 1.807) is 0 Å². The van der Waals surface area contributed by atoms with Crippen LogP contribution in [0.2, 0.25) is 0 Å². The summed E-state index contributed by atoms with van der Waals surface area (Å²) in [6, 6.07) is 56.7. The van der Waals surface area contributed by atoms with Crippen LogP contribution in [0, 0.1) is 12.1 Å². The average Bonchev–Trinajstić information content (AvgIpc) is 3.79. The molecule has 0 aliphatic rings. The quantitative estimate of drug-likeness (QED) is 0.166. The second-order valence-electron chi connectivity index (χ2n) is 12.6. The molecule has 0 aliphatic heterocycles. The SMILES string of the molecule is Cn1c(-c2[c-]c(-n3c4[c-]c(-c5nc6ccccc6n5C)ccc4c4cc(-c5cccc6ccccc56)ccc43)ccc2)nc2ccccc21.[Pt+2]. The summed E-state index contributed by atoms with van der Waals surface area (Å²) in [7, 11) is 4.14. The van der Waals surface area contributed by atoms with Crippen LogP contribution in [0.1, 0.15) is 0 Å². The fourth-order valence-electron chi connectivity index (χ4n) is 7.46. The standard InChI is InChI=1S/C44H29N5.Pt/c1-47-40-19-7-5-17-37(40)45-43(47)30-13-9-14-32(25-30)49-39-24-22-29(34-16-10-12-28-11-3-4-15-33(28)34)26-36(39)35-23-21-31(27-42(35)49)44-46-38-18-6-8-20-41(38)48(44)2;/h3-24,26H,1-2H3;/q-2;+2. The molecule has 0 atom stereocenters. The van der Waals surface area contributed by atoms with Crippen LogP contribution in [0.3, 0.4) is 0 Å². The first-order valence-electron chi connectivity index (χ1n) is 16.5. The number of fused-ring (bicyclic) bond motifs is 6. The summed E-state index contributed by atoms with van der Waals surface area (Å²) in [5.74, 6) is 1.76. The van der Waals surface area contributed by atoms with Crippen molar-refractivity contribution in [3.63, 3.8) is 0 Å². The third-order valence-corrected chi connectivity index (χ3v) is 9.85. The molecule has 240 valence electrons. The molecule has 5 nitrogen and oxygen atoms in total. The Bertz CT molecular complexity index is 2920. The molecule has 0 bridgehead atoms. The van der Waals surface area contributed by atoms with Gasteiger partial charge in [-0.3, -0.25) is 9.97 Å². The van der Waals surface area contributed by atoms with Gasteiger partial charge < -0.3 is 13.7 Å². The fraction of sp³-hybridized carbons (Fsp3) is 0.0455. The van der Waals surface area contributed by atoms with Crippen molar-refractivity contribution < 1.29 is 21.1 Å². The molecule has 0 saturated heterocycles. The summed E-state index contributed by atoms with van der Waals surface area (Å²) >= 11 is 0. The molecule has 0 unspecified atom stereocenters. The Morgan fingerprint density at radius 3 is 1.88 bits per heavy atom. The molecule has 0 saturated carbocycles. The van der Waals surface area contributed by atoms with Crippen LogP contribution in [-0.2, 0) is 35.2 Å². The number of aromatic nitrogens is 5. The summed E-state index contributed by atoms with van der Waals surface area (Å²) < 4.78 is 6.58. The largest absolute Gasteiger partial charge is 2.00 e. The Morgan fingerprint density at radius 2 is 1.14 bits per heavy atom. The maximum atomic E-state index is 5.02. The van der Waals surface area contributed by atoms with Gasteiger partial charge in [-0.1, -0.05) is 84.2 Å². The van der Waals surface area contributed by atoms with Crippen LogP contribution in [0.15, 0.2) is 140 Å². The number of benzene rings is 7. The van der Waals surface area contributed by atoms with Gasteiger partial charge in [-0.15, -0.1) is 53.6 Å². The van der Waals surface area contributed by atoms with Gasteiger partial charge in [0.05, 0.1) is 33.7 Å². The molecule has 10 aromatic rings. The zero-order valence-corrected chi connectivity index (χ0v) is 29.6. The Balaban J connectivity index is 0.00000336. The third kappa shape index (κ3) is 4.58. The fourth-order valence-corrected chi connectivity index (χ4v) is 7.46. The molecule has 0 amide bonds. The van der Waals surface area contributed by atoms with E-state index in [-0.39, 0.29) is 21.1 Å². The molecule has 3 heterocycles. The summed E-state index contributed by atoms with van der Waals surface area (Å²) in [4.78, 5) is 10.0. The monoisotopic (exact) mass is 822 g/mol. The van der Waals surface area contributed by atoms with Crippen LogP contribution in [0.25, 0.3) is 94.2 Å².